The molecule has 2 aromatic rings. The van der Waals surface area contributed by atoms with Crippen molar-refractivity contribution in [1.29, 1.82) is 0 Å². The van der Waals surface area contributed by atoms with Gasteiger partial charge in [0.25, 0.3) is 5.56 Å². The highest BCUT2D eigenvalue weighted by atomic mass is 19.1. The summed E-state index contributed by atoms with van der Waals surface area (Å²) in [6.45, 7) is 4.43. The summed E-state index contributed by atoms with van der Waals surface area (Å²) in [6, 6.07) is 5.25. The number of H-pyrrole nitrogens is 1. The van der Waals surface area contributed by atoms with E-state index in [2.05, 4.69) is 4.98 Å². The third-order valence-electron chi connectivity index (χ3n) is 4.89. The summed E-state index contributed by atoms with van der Waals surface area (Å²) < 4.78 is 14.9. The molecule has 26 heavy (non-hydrogen) atoms. The van der Waals surface area contributed by atoms with Crippen LogP contribution in [0.3, 0.4) is 0 Å². The van der Waals surface area contributed by atoms with E-state index in [1.54, 1.807) is 30.9 Å². The van der Waals surface area contributed by atoms with Gasteiger partial charge in [-0.05, 0) is 49.8 Å². The van der Waals surface area contributed by atoms with Crippen molar-refractivity contribution in [3.05, 3.63) is 67.7 Å². The van der Waals surface area contributed by atoms with E-state index in [9.17, 15) is 18.8 Å². The van der Waals surface area contributed by atoms with Gasteiger partial charge in [0.15, 0.2) is 0 Å². The highest BCUT2D eigenvalue weighted by Gasteiger charge is 2.26. The molecular weight excluding hydrogens is 337 g/mol. The zero-order valence-electron chi connectivity index (χ0n) is 14.9. The minimum atomic E-state index is -0.583. The Hall–Kier alpha value is -2.70. The molecule has 0 spiro atoms. The van der Waals surface area contributed by atoms with E-state index in [1.165, 1.54) is 10.8 Å². The van der Waals surface area contributed by atoms with E-state index in [0.717, 1.165) is 18.4 Å². The van der Waals surface area contributed by atoms with Crippen LogP contribution in [-0.4, -0.2) is 33.4 Å². The molecule has 1 aromatic heterocycles. The SMILES string of the molecule is Cc1ccc(CC2CCN(C(=O)Cn3cc(C)c(=O)[nH]c3=O)C2)cc1F. The van der Waals surface area contributed by atoms with Crippen molar-refractivity contribution in [3.8, 4) is 0 Å². The Kier molecular flexibility index (Phi) is 5.06. The molecule has 7 heteroatoms. The molecule has 1 aromatic carbocycles. The van der Waals surface area contributed by atoms with Crippen LogP contribution in [0, 0.1) is 25.6 Å². The fraction of sp³-hybridized carbons (Fsp3) is 0.421. The Bertz CT molecular complexity index is 948. The summed E-state index contributed by atoms with van der Waals surface area (Å²) in [5, 5.41) is 0. The van der Waals surface area contributed by atoms with E-state index >= 15 is 0 Å². The number of carbonyl (C=O) groups excluding carboxylic acids is 1. The molecule has 1 unspecified atom stereocenters. The smallest absolute Gasteiger partial charge is 0.328 e. The van der Waals surface area contributed by atoms with Crippen LogP contribution in [-0.2, 0) is 17.8 Å². The van der Waals surface area contributed by atoms with Gasteiger partial charge in [-0.3, -0.25) is 19.1 Å². The van der Waals surface area contributed by atoms with Gasteiger partial charge < -0.3 is 4.90 Å². The van der Waals surface area contributed by atoms with E-state index in [1.807, 2.05) is 6.07 Å². The molecule has 138 valence electrons. The number of carbonyl (C=O) groups is 1. The average molecular weight is 359 g/mol. The number of benzene rings is 1. The topological polar surface area (TPSA) is 75.2 Å². The number of hydrogen-bond donors (Lipinski definition) is 1. The van der Waals surface area contributed by atoms with Gasteiger partial charge in [0.1, 0.15) is 12.4 Å². The van der Waals surface area contributed by atoms with E-state index in [-0.39, 0.29) is 24.2 Å². The lowest BCUT2D eigenvalue weighted by Crippen LogP contribution is -2.38. The van der Waals surface area contributed by atoms with E-state index in [4.69, 9.17) is 0 Å². The van der Waals surface area contributed by atoms with Crippen molar-refractivity contribution < 1.29 is 9.18 Å². The monoisotopic (exact) mass is 359 g/mol. The fourth-order valence-electron chi connectivity index (χ4n) is 3.30. The van der Waals surface area contributed by atoms with Gasteiger partial charge in [-0.25, -0.2) is 9.18 Å². The predicted octanol–water partition coefficient (Wildman–Crippen LogP) is 1.38. The van der Waals surface area contributed by atoms with Crippen molar-refractivity contribution in [3.63, 3.8) is 0 Å². The summed E-state index contributed by atoms with van der Waals surface area (Å²) in [5.74, 6) is -0.0903. The molecule has 6 nitrogen and oxygen atoms in total. The molecule has 3 rings (SSSR count). The number of hydrogen-bond acceptors (Lipinski definition) is 3. The van der Waals surface area contributed by atoms with Crippen LogP contribution in [0.4, 0.5) is 4.39 Å². The number of rotatable bonds is 4. The summed E-state index contributed by atoms with van der Waals surface area (Å²) >= 11 is 0. The van der Waals surface area contributed by atoms with Crippen LogP contribution >= 0.6 is 0 Å². The summed E-state index contributed by atoms with van der Waals surface area (Å²) in [7, 11) is 0. The number of nitrogens with one attached hydrogen (secondary N) is 1. The number of aryl methyl sites for hydroxylation is 2. The number of aromatic amines is 1. The quantitative estimate of drug-likeness (QED) is 0.896. The van der Waals surface area contributed by atoms with Crippen LogP contribution in [0.2, 0.25) is 0 Å². The molecule has 0 aliphatic carbocycles. The first-order valence-corrected chi connectivity index (χ1v) is 8.66. The molecule has 1 atom stereocenters. The van der Waals surface area contributed by atoms with Gasteiger partial charge in [-0.1, -0.05) is 12.1 Å². The fourth-order valence-corrected chi connectivity index (χ4v) is 3.30. The third-order valence-corrected chi connectivity index (χ3v) is 4.89. The Morgan fingerprint density at radius 3 is 2.77 bits per heavy atom. The largest absolute Gasteiger partial charge is 0.341 e. The summed E-state index contributed by atoms with van der Waals surface area (Å²) in [5.41, 5.74) is 0.918. The molecule has 0 radical (unpaired) electrons. The third kappa shape index (κ3) is 3.92. The first-order valence-electron chi connectivity index (χ1n) is 8.66. The van der Waals surface area contributed by atoms with Crippen molar-refractivity contribution in [2.75, 3.05) is 13.1 Å². The second-order valence-corrected chi connectivity index (χ2v) is 6.98. The number of amides is 1. The van der Waals surface area contributed by atoms with Crippen LogP contribution in [0.15, 0.2) is 34.0 Å². The van der Waals surface area contributed by atoms with E-state index in [0.29, 0.717) is 24.2 Å². The van der Waals surface area contributed by atoms with Crippen molar-refractivity contribution in [1.82, 2.24) is 14.5 Å². The molecule has 0 saturated carbocycles. The maximum atomic E-state index is 13.7. The number of aromatic nitrogens is 2. The molecule has 1 fully saturated rings. The summed E-state index contributed by atoms with van der Waals surface area (Å²) in [4.78, 5) is 39.6. The van der Waals surface area contributed by atoms with E-state index < -0.39 is 11.2 Å². The van der Waals surface area contributed by atoms with Crippen molar-refractivity contribution in [2.24, 2.45) is 5.92 Å². The van der Waals surface area contributed by atoms with Crippen LogP contribution in [0.1, 0.15) is 23.1 Å². The lowest BCUT2D eigenvalue weighted by molar-refractivity contribution is -0.131. The van der Waals surface area contributed by atoms with Crippen LogP contribution in [0.25, 0.3) is 0 Å². The van der Waals surface area contributed by atoms with Gasteiger partial charge in [-0.2, -0.15) is 0 Å². The molecular formula is C19H22FN3O3. The first kappa shape index (κ1) is 18.1. The molecule has 1 aliphatic rings. The van der Waals surface area contributed by atoms with Crippen LogP contribution < -0.4 is 11.2 Å². The maximum absolute atomic E-state index is 13.7. The normalized spacial score (nSPS) is 16.9. The Labute approximate surface area is 150 Å². The minimum Gasteiger partial charge on any atom is -0.341 e. The van der Waals surface area contributed by atoms with Crippen LogP contribution in [0.5, 0.6) is 0 Å². The maximum Gasteiger partial charge on any atom is 0.328 e. The van der Waals surface area contributed by atoms with Gasteiger partial charge in [0.2, 0.25) is 5.91 Å². The lowest BCUT2D eigenvalue weighted by atomic mass is 9.98. The second-order valence-electron chi connectivity index (χ2n) is 6.98. The number of nitrogens with zero attached hydrogens (tertiary/aromatic N) is 2. The lowest BCUT2D eigenvalue weighted by Gasteiger charge is -2.17. The molecule has 1 N–H and O–H groups in total. The van der Waals surface area contributed by atoms with Gasteiger partial charge in [0.05, 0.1) is 0 Å². The molecule has 1 saturated heterocycles. The zero-order chi connectivity index (χ0) is 18.8. The van der Waals surface area contributed by atoms with Crippen molar-refractivity contribution in [2.45, 2.75) is 33.2 Å². The van der Waals surface area contributed by atoms with Gasteiger partial charge >= 0.3 is 5.69 Å². The Balaban J connectivity index is 1.62. The summed E-state index contributed by atoms with van der Waals surface area (Å²) in [6.07, 6.45) is 2.97. The van der Waals surface area contributed by atoms with Crippen molar-refractivity contribution >= 4 is 5.91 Å². The standard InChI is InChI=1S/C19H22FN3O3/c1-12-3-4-14(8-16(12)20)7-15-5-6-22(10-15)17(24)11-23-9-13(2)18(25)21-19(23)26/h3-4,8-9,15H,5-7,10-11H2,1-2H3,(H,21,25,26). The zero-order valence-corrected chi connectivity index (χ0v) is 14.9. The van der Waals surface area contributed by atoms with Gasteiger partial charge in [-0.15, -0.1) is 0 Å². The highest BCUT2D eigenvalue weighted by Crippen LogP contribution is 2.22. The first-order chi connectivity index (χ1) is 12.3. The number of likely N-dealkylation sites (tertiary alicyclic amines) is 1. The second kappa shape index (κ2) is 7.27. The Morgan fingerprint density at radius 2 is 2.04 bits per heavy atom. The van der Waals surface area contributed by atoms with Gasteiger partial charge in [0, 0.05) is 24.8 Å². The number of halogens is 1. The molecule has 0 bridgehead atoms. The Morgan fingerprint density at radius 1 is 1.27 bits per heavy atom. The predicted molar refractivity (Wildman–Crippen MR) is 95.6 cm³/mol. The highest BCUT2D eigenvalue weighted by molar-refractivity contribution is 5.76. The molecule has 1 aliphatic heterocycles. The molecule has 2 heterocycles. The minimum absolute atomic E-state index is 0.0949. The molecule has 1 amide bonds. The average Bonchev–Trinajstić information content (AvgIpc) is 3.04.